The molecule has 5 nitrogen and oxygen atoms in total. The normalized spacial score (nSPS) is 11.9. The molecule has 0 amide bonds. The second-order valence-electron chi connectivity index (χ2n) is 7.03. The summed E-state index contributed by atoms with van der Waals surface area (Å²) in [5.41, 5.74) is 3.26. The lowest BCUT2D eigenvalue weighted by molar-refractivity contribution is 0.603. The average molecular weight is 446 g/mol. The minimum Gasteiger partial charge on any atom is -0.267 e. The van der Waals surface area contributed by atoms with Crippen molar-refractivity contribution in [3.63, 3.8) is 0 Å². The summed E-state index contributed by atoms with van der Waals surface area (Å²) in [6.45, 7) is 2.42. The lowest BCUT2D eigenvalue weighted by Crippen LogP contribution is -2.03. The van der Waals surface area contributed by atoms with Crippen molar-refractivity contribution in [2.75, 3.05) is 0 Å². The average Bonchev–Trinajstić information content (AvgIpc) is 3.43. The third-order valence-electron chi connectivity index (χ3n) is 4.75. The van der Waals surface area contributed by atoms with Crippen molar-refractivity contribution < 1.29 is 8.42 Å². The van der Waals surface area contributed by atoms with Crippen molar-refractivity contribution >= 4 is 27.3 Å². The molecule has 2 aromatic heterocycles. The standard InChI is InChI=1S/C24H19N3O2S2/c1-18-9-11-21(12-10-18)31(28,29)22(15-25)14-20-17-27(16-19-6-3-2-4-7-19)26-24(20)23-8-5-13-30-23/h2-14,17H,16H2,1H3/b22-14+. The molecule has 0 aliphatic rings. The topological polar surface area (TPSA) is 75.8 Å². The molecule has 0 bridgehead atoms. The summed E-state index contributed by atoms with van der Waals surface area (Å²) in [7, 11) is -3.93. The van der Waals surface area contributed by atoms with Gasteiger partial charge in [-0.05, 0) is 42.1 Å². The second-order valence-corrected chi connectivity index (χ2v) is 9.90. The Morgan fingerprint density at radius 3 is 2.48 bits per heavy atom. The molecule has 0 radical (unpaired) electrons. The van der Waals surface area contributed by atoms with E-state index >= 15 is 0 Å². The quantitative estimate of drug-likeness (QED) is 0.377. The first-order valence-electron chi connectivity index (χ1n) is 9.56. The van der Waals surface area contributed by atoms with Crippen LogP contribution in [0.25, 0.3) is 16.6 Å². The summed E-state index contributed by atoms with van der Waals surface area (Å²) in [6, 6.07) is 22.1. The van der Waals surface area contributed by atoms with Crippen molar-refractivity contribution in [3.05, 3.63) is 99.9 Å². The first-order valence-corrected chi connectivity index (χ1v) is 11.9. The van der Waals surface area contributed by atoms with Crippen LogP contribution in [-0.4, -0.2) is 18.2 Å². The predicted molar refractivity (Wildman–Crippen MR) is 123 cm³/mol. The fourth-order valence-corrected chi connectivity index (χ4v) is 5.04. The summed E-state index contributed by atoms with van der Waals surface area (Å²) in [5.74, 6) is 0. The maximum absolute atomic E-state index is 13.1. The van der Waals surface area contributed by atoms with Crippen LogP contribution in [0.5, 0.6) is 0 Å². The molecule has 0 fully saturated rings. The molecule has 0 aliphatic heterocycles. The SMILES string of the molecule is Cc1ccc(S(=O)(=O)/C(C#N)=C/c2cn(Cc3ccccc3)nc2-c2cccs2)cc1. The number of rotatable bonds is 6. The van der Waals surface area contributed by atoms with Crippen LogP contribution in [0.2, 0.25) is 0 Å². The van der Waals surface area contributed by atoms with Gasteiger partial charge in [0.1, 0.15) is 16.7 Å². The van der Waals surface area contributed by atoms with E-state index in [2.05, 4.69) is 5.10 Å². The minimum atomic E-state index is -3.93. The number of hydrogen-bond acceptors (Lipinski definition) is 5. The van der Waals surface area contributed by atoms with E-state index in [1.807, 2.05) is 60.8 Å². The van der Waals surface area contributed by atoms with Crippen LogP contribution in [0.4, 0.5) is 0 Å². The van der Waals surface area contributed by atoms with Gasteiger partial charge in [-0.25, -0.2) is 8.42 Å². The predicted octanol–water partition coefficient (Wildman–Crippen LogP) is 5.31. The number of nitrogens with zero attached hydrogens (tertiary/aromatic N) is 3. The number of nitriles is 1. The Kier molecular flexibility index (Phi) is 5.85. The smallest absolute Gasteiger partial charge is 0.216 e. The van der Waals surface area contributed by atoms with Crippen molar-refractivity contribution in [2.24, 2.45) is 0 Å². The fourth-order valence-electron chi connectivity index (χ4n) is 3.15. The van der Waals surface area contributed by atoms with E-state index < -0.39 is 9.84 Å². The fraction of sp³-hybridized carbons (Fsp3) is 0.0833. The molecule has 4 rings (SSSR count). The first kappa shape index (κ1) is 20.8. The number of aryl methyl sites for hydroxylation is 1. The minimum absolute atomic E-state index is 0.0975. The number of hydrogen-bond donors (Lipinski definition) is 0. The van der Waals surface area contributed by atoms with Crippen LogP contribution in [0.15, 0.2) is 88.1 Å². The van der Waals surface area contributed by atoms with Gasteiger partial charge in [0.05, 0.1) is 16.3 Å². The number of allylic oxidation sites excluding steroid dienone is 1. The zero-order valence-corrected chi connectivity index (χ0v) is 18.4. The molecule has 0 N–H and O–H groups in total. The Labute approximate surface area is 185 Å². The first-order chi connectivity index (χ1) is 15.0. The zero-order valence-electron chi connectivity index (χ0n) is 16.8. The highest BCUT2D eigenvalue weighted by Gasteiger charge is 2.22. The molecule has 0 saturated heterocycles. The third-order valence-corrected chi connectivity index (χ3v) is 7.31. The molecule has 0 saturated carbocycles. The van der Waals surface area contributed by atoms with Gasteiger partial charge in [0, 0.05) is 11.8 Å². The van der Waals surface area contributed by atoms with Crippen molar-refractivity contribution in [3.8, 4) is 16.6 Å². The van der Waals surface area contributed by atoms with Gasteiger partial charge in [0.15, 0.2) is 0 Å². The summed E-state index contributed by atoms with van der Waals surface area (Å²) in [5, 5.41) is 16.3. The van der Waals surface area contributed by atoms with Crippen molar-refractivity contribution in [1.82, 2.24) is 9.78 Å². The van der Waals surface area contributed by atoms with Gasteiger partial charge in [-0.1, -0.05) is 54.1 Å². The van der Waals surface area contributed by atoms with E-state index in [9.17, 15) is 13.7 Å². The van der Waals surface area contributed by atoms with Gasteiger partial charge < -0.3 is 0 Å². The van der Waals surface area contributed by atoms with Crippen molar-refractivity contribution in [2.45, 2.75) is 18.4 Å². The second kappa shape index (κ2) is 8.72. The Hall–Kier alpha value is -3.47. The van der Waals surface area contributed by atoms with E-state index in [1.165, 1.54) is 29.5 Å². The van der Waals surface area contributed by atoms with Crippen molar-refractivity contribution in [1.29, 1.82) is 5.26 Å². The molecule has 0 unspecified atom stereocenters. The molecule has 2 aromatic carbocycles. The molecular weight excluding hydrogens is 426 g/mol. The van der Waals surface area contributed by atoms with Gasteiger partial charge in [0.2, 0.25) is 9.84 Å². The summed E-state index contributed by atoms with van der Waals surface area (Å²) in [6.07, 6.45) is 3.20. The van der Waals surface area contributed by atoms with Crippen LogP contribution in [0, 0.1) is 18.3 Å². The third kappa shape index (κ3) is 4.50. The van der Waals surface area contributed by atoms with Crippen LogP contribution in [-0.2, 0) is 16.4 Å². The maximum Gasteiger partial charge on any atom is 0.216 e. The van der Waals surface area contributed by atoms with E-state index in [0.29, 0.717) is 17.8 Å². The number of thiophene rings is 1. The van der Waals surface area contributed by atoms with E-state index in [-0.39, 0.29) is 9.80 Å². The molecule has 7 heteroatoms. The van der Waals surface area contributed by atoms with E-state index in [0.717, 1.165) is 16.0 Å². The number of sulfone groups is 1. The van der Waals surface area contributed by atoms with Gasteiger partial charge in [-0.2, -0.15) is 10.4 Å². The Morgan fingerprint density at radius 2 is 1.84 bits per heavy atom. The lowest BCUT2D eigenvalue weighted by atomic mass is 10.2. The molecule has 2 heterocycles. The van der Waals surface area contributed by atoms with Crippen LogP contribution < -0.4 is 0 Å². The number of benzene rings is 2. The van der Waals surface area contributed by atoms with Crippen LogP contribution in [0.3, 0.4) is 0 Å². The van der Waals surface area contributed by atoms with E-state index in [1.54, 1.807) is 23.0 Å². The molecule has 31 heavy (non-hydrogen) atoms. The summed E-state index contributed by atoms with van der Waals surface area (Å²) in [4.78, 5) is 0.691. The van der Waals surface area contributed by atoms with Gasteiger partial charge in [0.25, 0.3) is 0 Å². The number of aromatic nitrogens is 2. The monoisotopic (exact) mass is 445 g/mol. The molecule has 154 valence electrons. The molecular formula is C24H19N3O2S2. The molecule has 0 spiro atoms. The summed E-state index contributed by atoms with van der Waals surface area (Å²) < 4.78 is 27.9. The molecule has 0 atom stereocenters. The Balaban J connectivity index is 1.79. The maximum atomic E-state index is 13.1. The van der Waals surface area contributed by atoms with Gasteiger partial charge >= 0.3 is 0 Å². The molecule has 4 aromatic rings. The van der Waals surface area contributed by atoms with Crippen LogP contribution >= 0.6 is 11.3 Å². The molecule has 0 aliphatic carbocycles. The highest BCUT2D eigenvalue weighted by Crippen LogP contribution is 2.30. The highest BCUT2D eigenvalue weighted by molar-refractivity contribution is 7.95. The van der Waals surface area contributed by atoms with Crippen LogP contribution in [0.1, 0.15) is 16.7 Å². The van der Waals surface area contributed by atoms with E-state index in [4.69, 9.17) is 0 Å². The Morgan fingerprint density at radius 1 is 1.10 bits per heavy atom. The van der Waals surface area contributed by atoms with Gasteiger partial charge in [-0.15, -0.1) is 11.3 Å². The van der Waals surface area contributed by atoms with Gasteiger partial charge in [-0.3, -0.25) is 4.68 Å². The largest absolute Gasteiger partial charge is 0.267 e. The summed E-state index contributed by atoms with van der Waals surface area (Å²) >= 11 is 1.51. The Bertz CT molecular complexity index is 1360. The highest BCUT2D eigenvalue weighted by atomic mass is 32.2. The lowest BCUT2D eigenvalue weighted by Gasteiger charge is -2.03. The zero-order chi connectivity index (χ0) is 21.8.